The van der Waals surface area contributed by atoms with Crippen LogP contribution in [-0.4, -0.2) is 23.8 Å². The lowest BCUT2D eigenvalue weighted by Crippen LogP contribution is -2.27. The van der Waals surface area contributed by atoms with E-state index in [0.717, 1.165) is 23.2 Å². The zero-order valence-electron chi connectivity index (χ0n) is 10.3. The Kier molecular flexibility index (Phi) is 3.43. The molecule has 17 heavy (non-hydrogen) atoms. The Morgan fingerprint density at radius 1 is 1.24 bits per heavy atom. The summed E-state index contributed by atoms with van der Waals surface area (Å²) in [7, 11) is 0. The van der Waals surface area contributed by atoms with Crippen LogP contribution in [0, 0.1) is 13.8 Å². The lowest BCUT2D eigenvalue weighted by atomic mass is 9.99. The maximum absolute atomic E-state index is 12.3. The average molecular weight is 227 g/mol. The molecule has 0 spiro atoms. The van der Waals surface area contributed by atoms with Crippen molar-refractivity contribution in [3.63, 3.8) is 0 Å². The van der Waals surface area contributed by atoms with E-state index in [1.165, 1.54) is 0 Å². The van der Waals surface area contributed by atoms with Crippen molar-refractivity contribution in [3.8, 4) is 0 Å². The monoisotopic (exact) mass is 227 g/mol. The third kappa shape index (κ3) is 2.64. The first-order valence-electron chi connectivity index (χ1n) is 5.85. The molecule has 0 aromatic heterocycles. The topological polar surface area (TPSA) is 20.3 Å². The van der Waals surface area contributed by atoms with Crippen LogP contribution in [0.1, 0.15) is 21.5 Å². The summed E-state index contributed by atoms with van der Waals surface area (Å²) in [4.78, 5) is 14.3. The summed E-state index contributed by atoms with van der Waals surface area (Å²) in [6.07, 6.45) is 7.98. The Morgan fingerprint density at radius 3 is 2.53 bits per heavy atom. The number of carbonyl (C=O) groups excluding carboxylic acids is 1. The van der Waals surface area contributed by atoms with Crippen molar-refractivity contribution in [2.24, 2.45) is 0 Å². The maximum atomic E-state index is 12.3. The minimum atomic E-state index is 0.195. The second-order valence-electron chi connectivity index (χ2n) is 4.39. The first-order valence-corrected chi connectivity index (χ1v) is 5.85. The summed E-state index contributed by atoms with van der Waals surface area (Å²) < 4.78 is 0. The smallest absolute Gasteiger partial charge is 0.182 e. The summed E-state index contributed by atoms with van der Waals surface area (Å²) in [6, 6.07) is 5.98. The Hall–Kier alpha value is -1.83. The molecule has 0 bridgehead atoms. The quantitative estimate of drug-likeness (QED) is 0.740. The molecule has 0 saturated carbocycles. The van der Waals surface area contributed by atoms with Crippen LogP contribution >= 0.6 is 0 Å². The number of hydrogen-bond donors (Lipinski definition) is 0. The van der Waals surface area contributed by atoms with E-state index in [-0.39, 0.29) is 5.78 Å². The highest BCUT2D eigenvalue weighted by molar-refractivity contribution is 6.00. The molecular formula is C15H17NO. The van der Waals surface area contributed by atoms with Crippen LogP contribution in [0.4, 0.5) is 0 Å². The fourth-order valence-corrected chi connectivity index (χ4v) is 2.14. The molecule has 1 aromatic rings. The van der Waals surface area contributed by atoms with E-state index in [4.69, 9.17) is 0 Å². The fraction of sp³-hybridized carbons (Fsp3) is 0.267. The van der Waals surface area contributed by atoms with Crippen LogP contribution in [-0.2, 0) is 0 Å². The molecule has 0 unspecified atom stereocenters. The van der Waals surface area contributed by atoms with Gasteiger partial charge in [-0.15, -0.1) is 0 Å². The van der Waals surface area contributed by atoms with Crippen LogP contribution in [0.2, 0.25) is 0 Å². The van der Waals surface area contributed by atoms with Gasteiger partial charge in [-0.25, -0.2) is 0 Å². The number of ketones is 1. The molecule has 2 nitrogen and oxygen atoms in total. The molecule has 1 heterocycles. The molecule has 0 aliphatic carbocycles. The number of Topliss-reactive ketones (excluding diaryl/α,β-unsaturated/α-hetero) is 1. The summed E-state index contributed by atoms with van der Waals surface area (Å²) in [6.45, 7) is 5.25. The SMILES string of the molecule is Cc1cccc(C)c1C(=O)CN1C=CC=CC1. The van der Waals surface area contributed by atoms with Crippen LogP contribution < -0.4 is 0 Å². The van der Waals surface area contributed by atoms with E-state index < -0.39 is 0 Å². The van der Waals surface area contributed by atoms with Gasteiger partial charge in [0, 0.05) is 12.1 Å². The summed E-state index contributed by atoms with van der Waals surface area (Å²) >= 11 is 0. The van der Waals surface area contributed by atoms with Crippen LogP contribution in [0.3, 0.4) is 0 Å². The van der Waals surface area contributed by atoms with Crippen LogP contribution in [0.15, 0.2) is 42.6 Å². The van der Waals surface area contributed by atoms with Crippen molar-refractivity contribution in [3.05, 3.63) is 59.3 Å². The number of nitrogens with zero attached hydrogens (tertiary/aromatic N) is 1. The second kappa shape index (κ2) is 5.00. The third-order valence-corrected chi connectivity index (χ3v) is 2.99. The minimum Gasteiger partial charge on any atom is -0.366 e. The zero-order chi connectivity index (χ0) is 12.3. The Labute approximate surface area is 102 Å². The number of aryl methyl sites for hydroxylation is 2. The Bertz CT molecular complexity index is 465. The molecular weight excluding hydrogens is 210 g/mol. The predicted octanol–water partition coefficient (Wildman–Crippen LogP) is 2.87. The van der Waals surface area contributed by atoms with Crippen molar-refractivity contribution < 1.29 is 4.79 Å². The van der Waals surface area contributed by atoms with E-state index in [0.29, 0.717) is 6.54 Å². The van der Waals surface area contributed by atoms with E-state index in [9.17, 15) is 4.79 Å². The number of rotatable bonds is 3. The van der Waals surface area contributed by atoms with E-state index in [2.05, 4.69) is 6.08 Å². The normalized spacial score (nSPS) is 14.1. The van der Waals surface area contributed by atoms with Gasteiger partial charge in [0.25, 0.3) is 0 Å². The highest BCUT2D eigenvalue weighted by atomic mass is 16.1. The molecule has 1 aliphatic rings. The second-order valence-corrected chi connectivity index (χ2v) is 4.39. The van der Waals surface area contributed by atoms with Gasteiger partial charge in [-0.1, -0.05) is 30.4 Å². The zero-order valence-corrected chi connectivity index (χ0v) is 10.3. The van der Waals surface area contributed by atoms with Crippen LogP contribution in [0.5, 0.6) is 0 Å². The third-order valence-electron chi connectivity index (χ3n) is 2.99. The Balaban J connectivity index is 2.15. The molecule has 2 heteroatoms. The first kappa shape index (κ1) is 11.6. The van der Waals surface area contributed by atoms with Crippen molar-refractivity contribution >= 4 is 5.78 Å². The van der Waals surface area contributed by atoms with Crippen molar-refractivity contribution in [2.45, 2.75) is 13.8 Å². The van der Waals surface area contributed by atoms with Gasteiger partial charge in [-0.05, 0) is 37.3 Å². The standard InChI is InChI=1S/C15H17NO/c1-12-7-6-8-13(2)15(12)14(17)11-16-9-4-3-5-10-16/h3-9H,10-11H2,1-2H3. The molecule has 0 atom stereocenters. The summed E-state index contributed by atoms with van der Waals surface area (Å²) in [5.41, 5.74) is 2.99. The highest BCUT2D eigenvalue weighted by Gasteiger charge is 2.14. The van der Waals surface area contributed by atoms with Crippen molar-refractivity contribution in [2.75, 3.05) is 13.1 Å². The maximum Gasteiger partial charge on any atom is 0.182 e. The van der Waals surface area contributed by atoms with Gasteiger partial charge >= 0.3 is 0 Å². The molecule has 1 aliphatic heterocycles. The first-order chi connectivity index (χ1) is 8.18. The van der Waals surface area contributed by atoms with Crippen LogP contribution in [0.25, 0.3) is 0 Å². The fourth-order valence-electron chi connectivity index (χ4n) is 2.14. The van der Waals surface area contributed by atoms with E-state index in [1.807, 2.05) is 55.3 Å². The van der Waals surface area contributed by atoms with Gasteiger partial charge in [-0.3, -0.25) is 4.79 Å². The number of allylic oxidation sites excluding steroid dienone is 2. The largest absolute Gasteiger partial charge is 0.366 e. The van der Waals surface area contributed by atoms with E-state index >= 15 is 0 Å². The summed E-state index contributed by atoms with van der Waals surface area (Å²) in [5, 5.41) is 0. The highest BCUT2D eigenvalue weighted by Crippen LogP contribution is 2.15. The molecule has 0 N–H and O–H groups in total. The van der Waals surface area contributed by atoms with Gasteiger partial charge < -0.3 is 4.90 Å². The minimum absolute atomic E-state index is 0.195. The number of carbonyl (C=O) groups is 1. The van der Waals surface area contributed by atoms with E-state index in [1.54, 1.807) is 0 Å². The van der Waals surface area contributed by atoms with Gasteiger partial charge in [0.2, 0.25) is 0 Å². The number of benzene rings is 1. The van der Waals surface area contributed by atoms with Gasteiger partial charge in [-0.2, -0.15) is 0 Å². The predicted molar refractivity (Wildman–Crippen MR) is 70.1 cm³/mol. The number of hydrogen-bond acceptors (Lipinski definition) is 2. The lowest BCUT2D eigenvalue weighted by Gasteiger charge is -2.20. The molecule has 88 valence electrons. The van der Waals surface area contributed by atoms with Crippen molar-refractivity contribution in [1.29, 1.82) is 0 Å². The Morgan fingerprint density at radius 2 is 1.94 bits per heavy atom. The molecule has 2 rings (SSSR count). The molecule has 0 radical (unpaired) electrons. The lowest BCUT2D eigenvalue weighted by molar-refractivity contribution is 0.0958. The molecule has 1 aromatic carbocycles. The molecule has 0 amide bonds. The summed E-state index contributed by atoms with van der Waals surface area (Å²) in [5.74, 6) is 0.195. The van der Waals surface area contributed by atoms with Gasteiger partial charge in [0.15, 0.2) is 5.78 Å². The molecule has 0 fully saturated rings. The van der Waals surface area contributed by atoms with Gasteiger partial charge in [0.1, 0.15) is 0 Å². The van der Waals surface area contributed by atoms with Gasteiger partial charge in [0.05, 0.1) is 6.54 Å². The van der Waals surface area contributed by atoms with Crippen molar-refractivity contribution in [1.82, 2.24) is 4.90 Å². The molecule has 0 saturated heterocycles. The average Bonchev–Trinajstić information content (AvgIpc) is 2.30.